The van der Waals surface area contributed by atoms with E-state index < -0.39 is 23.6 Å². The first-order valence-corrected chi connectivity index (χ1v) is 19.1. The fourth-order valence-electron chi connectivity index (χ4n) is 6.87. The predicted molar refractivity (Wildman–Crippen MR) is 227 cm³/mol. The number of aromatic nitrogens is 8. The van der Waals surface area contributed by atoms with Crippen LogP contribution >= 0.6 is 0 Å². The van der Waals surface area contributed by atoms with Gasteiger partial charge in [-0.15, -0.1) is 0 Å². The van der Waals surface area contributed by atoms with Crippen LogP contribution in [0.25, 0.3) is 22.1 Å². The molecule has 0 aliphatic heterocycles. The minimum absolute atomic E-state index is 0.128. The number of hydrogen-bond donors (Lipinski definition) is 7. The van der Waals surface area contributed by atoms with Crippen molar-refractivity contribution >= 4 is 74.7 Å². The van der Waals surface area contributed by atoms with Gasteiger partial charge in [-0.2, -0.15) is 10.2 Å². The summed E-state index contributed by atoms with van der Waals surface area (Å²) in [7, 11) is 3.05. The molecular weight excluding hydrogens is 775 g/mol. The van der Waals surface area contributed by atoms with Gasteiger partial charge in [-0.1, -0.05) is 12.2 Å². The molecule has 0 aliphatic rings. The van der Waals surface area contributed by atoms with Crippen LogP contribution in [0.5, 0.6) is 5.75 Å². The molecule has 0 radical (unpaired) electrons. The molecular formula is C39H49N15O6. The Hall–Kier alpha value is -7.42. The van der Waals surface area contributed by atoms with Crippen LogP contribution in [-0.4, -0.2) is 89.7 Å². The average Bonchev–Trinajstić information content (AvgIpc) is 3.93. The van der Waals surface area contributed by atoms with Gasteiger partial charge in [0.05, 0.1) is 52.1 Å². The minimum atomic E-state index is -0.687. The summed E-state index contributed by atoms with van der Waals surface area (Å²) in [6.07, 6.45) is 4.31. The van der Waals surface area contributed by atoms with E-state index in [2.05, 4.69) is 31.1 Å². The molecule has 2 aromatic carbocycles. The number of ether oxygens (including phenoxy) is 2. The number of primary amides is 2. The first kappa shape index (κ1) is 42.2. The lowest BCUT2D eigenvalue weighted by atomic mass is 10.1. The number of nitrogens with two attached hydrogens (primary N) is 4. The number of methoxy groups -OCH3 is 2. The molecule has 4 amide bonds. The van der Waals surface area contributed by atoms with Crippen LogP contribution in [0.4, 0.5) is 29.0 Å². The quantitative estimate of drug-likeness (QED) is 0.0485. The van der Waals surface area contributed by atoms with E-state index in [9.17, 15) is 19.2 Å². The number of anilines is 5. The van der Waals surface area contributed by atoms with Crippen molar-refractivity contribution < 1.29 is 28.7 Å². The third kappa shape index (κ3) is 8.14. The number of carbonyl (C=O) groups is 4. The van der Waals surface area contributed by atoms with Gasteiger partial charge >= 0.3 is 0 Å². The van der Waals surface area contributed by atoms with Gasteiger partial charge in [0.2, 0.25) is 23.7 Å². The van der Waals surface area contributed by atoms with E-state index in [1.165, 1.54) is 28.6 Å². The number of nitrogens with zero attached hydrogens (tertiary/aromatic N) is 8. The summed E-state index contributed by atoms with van der Waals surface area (Å²) < 4.78 is 17.4. The van der Waals surface area contributed by atoms with Gasteiger partial charge in [0.15, 0.2) is 0 Å². The highest BCUT2D eigenvalue weighted by Crippen LogP contribution is 2.33. The molecule has 0 aliphatic carbocycles. The number of aryl methyl sites for hydroxylation is 4. The van der Waals surface area contributed by atoms with Crippen molar-refractivity contribution in [3.8, 4) is 5.75 Å². The third-order valence-corrected chi connectivity index (χ3v) is 9.85. The molecule has 0 unspecified atom stereocenters. The zero-order valence-corrected chi connectivity index (χ0v) is 34.3. The number of benzene rings is 2. The first-order chi connectivity index (χ1) is 28.7. The summed E-state index contributed by atoms with van der Waals surface area (Å²) in [5.74, 6) is -1.85. The maximum atomic E-state index is 13.9. The lowest BCUT2D eigenvalue weighted by molar-refractivity contribution is 0.0992. The molecule has 6 rings (SSSR count). The maximum absolute atomic E-state index is 13.9. The SMILES string of the molecule is CCn1nc(C)c(N)c1C(=O)Nc1nc2cc(C(N)=O)cc(NCCCOC)c2n1C/C=C/Cn1c(NC(=O)c2c(N)c(C)nn2CC)nc2cc(C(N)=O)cc(OC)c21. The van der Waals surface area contributed by atoms with E-state index in [0.717, 1.165) is 0 Å². The summed E-state index contributed by atoms with van der Waals surface area (Å²) in [5, 5.41) is 17.9. The second kappa shape index (κ2) is 17.6. The monoisotopic (exact) mass is 823 g/mol. The molecule has 0 saturated carbocycles. The van der Waals surface area contributed by atoms with Gasteiger partial charge < -0.3 is 46.9 Å². The maximum Gasteiger partial charge on any atom is 0.278 e. The lowest BCUT2D eigenvalue weighted by Crippen LogP contribution is -2.21. The molecule has 60 heavy (non-hydrogen) atoms. The molecule has 11 N–H and O–H groups in total. The molecule has 0 fully saturated rings. The number of hydrogen-bond acceptors (Lipinski definition) is 13. The van der Waals surface area contributed by atoms with Crippen LogP contribution in [0.1, 0.15) is 73.3 Å². The zero-order valence-electron chi connectivity index (χ0n) is 34.3. The highest BCUT2D eigenvalue weighted by Gasteiger charge is 2.25. The van der Waals surface area contributed by atoms with Gasteiger partial charge in [-0.25, -0.2) is 9.97 Å². The van der Waals surface area contributed by atoms with E-state index in [1.807, 2.05) is 26.0 Å². The van der Waals surface area contributed by atoms with Crippen molar-refractivity contribution in [1.82, 2.24) is 38.7 Å². The Morgan fingerprint density at radius 2 is 1.22 bits per heavy atom. The molecule has 4 heterocycles. The van der Waals surface area contributed by atoms with Gasteiger partial charge in [0.1, 0.15) is 22.7 Å². The molecule has 0 atom stereocenters. The van der Waals surface area contributed by atoms with Crippen LogP contribution < -0.4 is 43.6 Å². The number of allylic oxidation sites excluding steroid dienone is 2. The number of imidazole rings is 2. The van der Waals surface area contributed by atoms with Crippen LogP contribution in [-0.2, 0) is 30.9 Å². The van der Waals surface area contributed by atoms with E-state index in [1.54, 1.807) is 42.2 Å². The molecule has 4 aromatic heterocycles. The highest BCUT2D eigenvalue weighted by molar-refractivity contribution is 6.08. The van der Waals surface area contributed by atoms with Crippen molar-refractivity contribution in [2.24, 2.45) is 11.5 Å². The molecule has 0 spiro atoms. The van der Waals surface area contributed by atoms with Crippen LogP contribution in [0.2, 0.25) is 0 Å². The Balaban J connectivity index is 1.43. The lowest BCUT2D eigenvalue weighted by Gasteiger charge is -2.14. The minimum Gasteiger partial charge on any atom is -0.494 e. The second-order valence-corrected chi connectivity index (χ2v) is 13.7. The molecule has 316 valence electrons. The van der Waals surface area contributed by atoms with Crippen LogP contribution in [0, 0.1) is 13.8 Å². The molecule has 21 nitrogen and oxygen atoms in total. The van der Waals surface area contributed by atoms with Crippen molar-refractivity contribution in [1.29, 1.82) is 0 Å². The molecule has 0 bridgehead atoms. The van der Waals surface area contributed by atoms with Crippen molar-refractivity contribution in [2.45, 2.75) is 60.3 Å². The summed E-state index contributed by atoms with van der Waals surface area (Å²) in [6.45, 7) is 9.17. The molecule has 6 aromatic rings. The number of nitrogens with one attached hydrogen (secondary N) is 3. The van der Waals surface area contributed by atoms with Gasteiger partial charge in [0.25, 0.3) is 11.8 Å². The van der Waals surface area contributed by atoms with Gasteiger partial charge in [-0.3, -0.25) is 39.2 Å². The number of fused-ring (bicyclic) bond motifs is 2. The van der Waals surface area contributed by atoms with Gasteiger partial charge in [0, 0.05) is 57.6 Å². The smallest absolute Gasteiger partial charge is 0.278 e. The highest BCUT2D eigenvalue weighted by atomic mass is 16.5. The first-order valence-electron chi connectivity index (χ1n) is 19.1. The summed E-state index contributed by atoms with van der Waals surface area (Å²) in [6, 6.07) is 6.20. The Kier molecular flexibility index (Phi) is 12.4. The standard InChI is InChI=1S/C39H49N15O6/c1-7-53-32(28(40)20(3)49-53)36(57)47-38-45-25-17-22(34(42)55)16-24(44-12-11-15-59-5)30(25)51(38)13-9-10-14-52-31-26(18-23(35(43)56)19-27(31)60-6)46-39(52)48-37(58)33-29(41)21(4)50-54(33)8-2/h9-10,16-19,44H,7-8,11-15,40-41H2,1-6H3,(H2,42,55)(H2,43,56)(H,45,47,57)(H,46,48,58)/b10-9+. The number of carbonyl (C=O) groups excluding carboxylic acids is 4. The summed E-state index contributed by atoms with van der Waals surface area (Å²) in [4.78, 5) is 61.7. The summed E-state index contributed by atoms with van der Waals surface area (Å²) in [5.41, 5.74) is 28.4. The fraction of sp³-hybridized carbons (Fsp3) is 0.333. The topological polar surface area (TPSA) is 298 Å². The predicted octanol–water partition coefficient (Wildman–Crippen LogP) is 3.02. The summed E-state index contributed by atoms with van der Waals surface area (Å²) >= 11 is 0. The number of nitrogen functional groups attached to an aromatic ring is 2. The van der Waals surface area contributed by atoms with Crippen LogP contribution in [0.15, 0.2) is 36.4 Å². The number of rotatable bonds is 18. The van der Waals surface area contributed by atoms with Crippen molar-refractivity contribution in [3.63, 3.8) is 0 Å². The third-order valence-electron chi connectivity index (χ3n) is 9.85. The Bertz CT molecular complexity index is 2670. The van der Waals surface area contributed by atoms with Crippen molar-refractivity contribution in [3.05, 3.63) is 70.3 Å². The fourth-order valence-corrected chi connectivity index (χ4v) is 6.87. The second-order valence-electron chi connectivity index (χ2n) is 13.7. The van der Waals surface area contributed by atoms with Crippen LogP contribution in [0.3, 0.4) is 0 Å². The van der Waals surface area contributed by atoms with Crippen molar-refractivity contribution in [2.75, 3.05) is 54.8 Å². The Morgan fingerprint density at radius 1 is 0.733 bits per heavy atom. The zero-order chi connectivity index (χ0) is 43.4. The van der Waals surface area contributed by atoms with E-state index in [-0.39, 0.29) is 64.6 Å². The van der Waals surface area contributed by atoms with E-state index in [0.29, 0.717) is 71.8 Å². The van der Waals surface area contributed by atoms with E-state index >= 15 is 0 Å². The van der Waals surface area contributed by atoms with Gasteiger partial charge in [-0.05, 0) is 58.4 Å². The Labute approximate surface area is 344 Å². The average molecular weight is 824 g/mol. The molecule has 21 heteroatoms. The Morgan fingerprint density at radius 3 is 1.68 bits per heavy atom. The molecule has 0 saturated heterocycles. The number of amides is 4. The van der Waals surface area contributed by atoms with E-state index in [4.69, 9.17) is 37.4 Å². The normalized spacial score (nSPS) is 11.5. The largest absolute Gasteiger partial charge is 0.494 e.